The Morgan fingerprint density at radius 2 is 1.83 bits per heavy atom. The zero-order valence-electron chi connectivity index (χ0n) is 10.4. The Kier molecular flexibility index (Phi) is 3.61. The summed E-state index contributed by atoms with van der Waals surface area (Å²) in [7, 11) is 3.12. The predicted octanol–water partition coefficient (Wildman–Crippen LogP) is 3.01. The van der Waals surface area contributed by atoms with E-state index in [1.165, 1.54) is 0 Å². The number of fused-ring (bicyclic) bond motifs is 1. The van der Waals surface area contributed by atoms with Crippen LogP contribution >= 0.6 is 15.9 Å². The minimum Gasteiger partial charge on any atom is -0.493 e. The van der Waals surface area contributed by atoms with Crippen LogP contribution in [0.3, 0.4) is 0 Å². The Morgan fingerprint density at radius 3 is 2.39 bits per heavy atom. The summed E-state index contributed by atoms with van der Waals surface area (Å²) in [4.78, 5) is 11.8. The highest BCUT2D eigenvalue weighted by Gasteiger charge is 2.14. The van der Waals surface area contributed by atoms with E-state index in [1.807, 2.05) is 13.0 Å². The van der Waals surface area contributed by atoms with Crippen molar-refractivity contribution in [1.29, 1.82) is 0 Å². The van der Waals surface area contributed by atoms with Crippen molar-refractivity contribution in [3.05, 3.63) is 33.7 Å². The van der Waals surface area contributed by atoms with Gasteiger partial charge in [0.25, 0.3) is 0 Å². The lowest BCUT2D eigenvalue weighted by Gasteiger charge is -2.11. The Hall–Kier alpha value is -1.49. The second kappa shape index (κ2) is 5.02. The van der Waals surface area contributed by atoms with Gasteiger partial charge in [0.2, 0.25) is 0 Å². The van der Waals surface area contributed by atoms with Gasteiger partial charge in [-0.15, -0.1) is 0 Å². The molecule has 2 aromatic rings. The summed E-state index contributed by atoms with van der Waals surface area (Å²) in [5.74, 6) is 1.15. The van der Waals surface area contributed by atoms with Crippen molar-refractivity contribution >= 4 is 26.9 Å². The molecule has 1 heterocycles. The van der Waals surface area contributed by atoms with Crippen molar-refractivity contribution in [3.8, 4) is 11.5 Å². The summed E-state index contributed by atoms with van der Waals surface area (Å²) in [6, 6.07) is 3.49. The molecule has 96 valence electrons. The molecule has 0 unspecified atom stereocenters. The van der Waals surface area contributed by atoms with E-state index in [2.05, 4.69) is 15.9 Å². The molecule has 0 saturated heterocycles. The molecule has 0 atom stereocenters. The van der Waals surface area contributed by atoms with Crippen LogP contribution in [0.25, 0.3) is 11.0 Å². The van der Waals surface area contributed by atoms with E-state index in [4.69, 9.17) is 13.9 Å². The molecule has 0 radical (unpaired) electrons. The fourth-order valence-corrected chi connectivity index (χ4v) is 2.52. The Labute approximate surface area is 113 Å². The normalized spacial score (nSPS) is 10.7. The molecular weight excluding hydrogens is 300 g/mol. The largest absolute Gasteiger partial charge is 0.493 e. The van der Waals surface area contributed by atoms with Crippen molar-refractivity contribution in [1.82, 2.24) is 0 Å². The van der Waals surface area contributed by atoms with Crippen LogP contribution in [0.2, 0.25) is 0 Å². The number of rotatable bonds is 3. The van der Waals surface area contributed by atoms with Crippen molar-refractivity contribution in [2.75, 3.05) is 14.2 Å². The van der Waals surface area contributed by atoms with E-state index >= 15 is 0 Å². The monoisotopic (exact) mass is 312 g/mol. The molecular formula is C13H13BrO4. The van der Waals surface area contributed by atoms with Gasteiger partial charge in [-0.3, -0.25) is 0 Å². The van der Waals surface area contributed by atoms with E-state index in [0.29, 0.717) is 28.0 Å². The third-order valence-corrected chi connectivity index (χ3v) is 3.49. The molecule has 0 bridgehead atoms. The summed E-state index contributed by atoms with van der Waals surface area (Å²) < 4.78 is 15.7. The van der Waals surface area contributed by atoms with Gasteiger partial charge in [-0.2, -0.15) is 0 Å². The minimum absolute atomic E-state index is 0.330. The zero-order valence-corrected chi connectivity index (χ0v) is 12.0. The third kappa shape index (κ3) is 1.99. The van der Waals surface area contributed by atoms with Gasteiger partial charge < -0.3 is 13.9 Å². The third-order valence-electron chi connectivity index (χ3n) is 2.93. The van der Waals surface area contributed by atoms with Gasteiger partial charge in [-0.25, -0.2) is 4.79 Å². The van der Waals surface area contributed by atoms with Crippen molar-refractivity contribution in [2.45, 2.75) is 12.3 Å². The van der Waals surface area contributed by atoms with E-state index < -0.39 is 0 Å². The van der Waals surface area contributed by atoms with Gasteiger partial charge >= 0.3 is 5.63 Å². The second-order valence-electron chi connectivity index (χ2n) is 3.83. The van der Waals surface area contributed by atoms with Crippen molar-refractivity contribution in [2.24, 2.45) is 0 Å². The predicted molar refractivity (Wildman–Crippen MR) is 73.0 cm³/mol. The van der Waals surface area contributed by atoms with Crippen molar-refractivity contribution < 1.29 is 13.9 Å². The lowest BCUT2D eigenvalue weighted by atomic mass is 10.1. The van der Waals surface area contributed by atoms with Crippen LogP contribution in [0, 0.1) is 6.92 Å². The molecule has 1 aromatic heterocycles. The number of ether oxygens (including phenoxy) is 2. The molecule has 5 heteroatoms. The summed E-state index contributed by atoms with van der Waals surface area (Å²) in [6.45, 7) is 1.89. The number of methoxy groups -OCH3 is 2. The molecule has 0 fully saturated rings. The molecule has 0 aliphatic carbocycles. The first-order valence-electron chi connectivity index (χ1n) is 5.36. The lowest BCUT2D eigenvalue weighted by molar-refractivity contribution is 0.355. The van der Waals surface area contributed by atoms with E-state index in [0.717, 1.165) is 10.9 Å². The first-order chi connectivity index (χ1) is 8.62. The average Bonchev–Trinajstić information content (AvgIpc) is 2.37. The van der Waals surface area contributed by atoms with Crippen LogP contribution in [-0.2, 0) is 5.33 Å². The van der Waals surface area contributed by atoms with Gasteiger partial charge in [-0.05, 0) is 18.6 Å². The average molecular weight is 313 g/mol. The van der Waals surface area contributed by atoms with Crippen LogP contribution in [0.15, 0.2) is 21.3 Å². The highest BCUT2D eigenvalue weighted by atomic mass is 79.9. The summed E-state index contributed by atoms with van der Waals surface area (Å²) in [5, 5.41) is 1.31. The fraction of sp³-hybridized carbons (Fsp3) is 0.308. The molecule has 0 amide bonds. The molecule has 0 aliphatic heterocycles. The standard InChI is InChI=1S/C13H13BrO4/c1-7-8-4-11(16-2)12(17-3)5-10(8)18-13(15)9(7)6-14/h4-5H,6H2,1-3H3. The van der Waals surface area contributed by atoms with Crippen LogP contribution < -0.4 is 15.1 Å². The van der Waals surface area contributed by atoms with Gasteiger partial charge in [0, 0.05) is 16.8 Å². The van der Waals surface area contributed by atoms with Gasteiger partial charge in [0.05, 0.1) is 19.8 Å². The van der Waals surface area contributed by atoms with Gasteiger partial charge in [0.15, 0.2) is 11.5 Å². The Morgan fingerprint density at radius 1 is 1.22 bits per heavy atom. The van der Waals surface area contributed by atoms with Crippen molar-refractivity contribution in [3.63, 3.8) is 0 Å². The van der Waals surface area contributed by atoms with Crippen LogP contribution in [0.1, 0.15) is 11.1 Å². The number of hydrogen-bond donors (Lipinski definition) is 0. The molecule has 2 rings (SSSR count). The number of alkyl halides is 1. The summed E-state index contributed by atoms with van der Waals surface area (Å²) >= 11 is 3.29. The van der Waals surface area contributed by atoms with Gasteiger partial charge in [-0.1, -0.05) is 15.9 Å². The zero-order chi connectivity index (χ0) is 13.3. The number of hydrogen-bond acceptors (Lipinski definition) is 4. The molecule has 0 aliphatic rings. The highest BCUT2D eigenvalue weighted by molar-refractivity contribution is 9.08. The SMILES string of the molecule is COc1cc2oc(=O)c(CBr)c(C)c2cc1OC. The first kappa shape index (κ1) is 13.0. The van der Waals surface area contributed by atoms with E-state index in [1.54, 1.807) is 20.3 Å². The van der Waals surface area contributed by atoms with Crippen LogP contribution in [0.4, 0.5) is 0 Å². The lowest BCUT2D eigenvalue weighted by Crippen LogP contribution is -2.08. The summed E-state index contributed by atoms with van der Waals surface area (Å²) in [6.07, 6.45) is 0. The first-order valence-corrected chi connectivity index (χ1v) is 6.48. The molecule has 1 aromatic carbocycles. The maximum atomic E-state index is 11.8. The second-order valence-corrected chi connectivity index (χ2v) is 4.39. The smallest absolute Gasteiger partial charge is 0.340 e. The number of benzene rings is 1. The van der Waals surface area contributed by atoms with E-state index in [9.17, 15) is 4.79 Å². The highest BCUT2D eigenvalue weighted by Crippen LogP contribution is 2.33. The topological polar surface area (TPSA) is 48.7 Å². The Bertz CT molecular complexity index is 645. The van der Waals surface area contributed by atoms with Crippen LogP contribution in [0.5, 0.6) is 11.5 Å². The van der Waals surface area contributed by atoms with Gasteiger partial charge in [0.1, 0.15) is 5.58 Å². The van der Waals surface area contributed by atoms with E-state index in [-0.39, 0.29) is 5.63 Å². The quantitative estimate of drug-likeness (QED) is 0.645. The van der Waals surface area contributed by atoms with Crippen LogP contribution in [-0.4, -0.2) is 14.2 Å². The summed E-state index contributed by atoms with van der Waals surface area (Å²) in [5.41, 5.74) is 1.68. The Balaban J connectivity index is 2.85. The molecule has 0 N–H and O–H groups in total. The fourth-order valence-electron chi connectivity index (χ4n) is 1.87. The molecule has 0 saturated carbocycles. The maximum Gasteiger partial charge on any atom is 0.340 e. The molecule has 4 nitrogen and oxygen atoms in total. The maximum absolute atomic E-state index is 11.8. The number of aryl methyl sites for hydroxylation is 1. The number of halogens is 1. The molecule has 0 spiro atoms. The minimum atomic E-state index is -0.330. The molecule has 18 heavy (non-hydrogen) atoms.